The summed E-state index contributed by atoms with van der Waals surface area (Å²) in [5.41, 5.74) is 5.45. The van der Waals surface area contributed by atoms with Gasteiger partial charge in [0.05, 0.1) is 0 Å². The van der Waals surface area contributed by atoms with E-state index < -0.39 is 10.0 Å². The van der Waals surface area contributed by atoms with Gasteiger partial charge in [-0.05, 0) is 30.0 Å². The number of anilines is 1. The van der Waals surface area contributed by atoms with Crippen molar-refractivity contribution in [3.05, 3.63) is 40.7 Å². The maximum absolute atomic E-state index is 12.3. The molecular weight excluding hydrogens is 282 g/mol. The van der Waals surface area contributed by atoms with Crippen molar-refractivity contribution >= 4 is 27.2 Å². The van der Waals surface area contributed by atoms with Gasteiger partial charge in [-0.15, -0.1) is 11.3 Å². The number of nitrogens with zero attached hydrogens (tertiary/aromatic N) is 2. The van der Waals surface area contributed by atoms with Crippen LogP contribution in [0.4, 0.5) is 5.82 Å². The second-order valence-electron chi connectivity index (χ2n) is 4.07. The van der Waals surface area contributed by atoms with E-state index in [1.807, 2.05) is 17.5 Å². The number of rotatable bonds is 5. The molecule has 0 aliphatic rings. The van der Waals surface area contributed by atoms with Crippen LogP contribution in [0.15, 0.2) is 40.7 Å². The molecule has 7 heteroatoms. The van der Waals surface area contributed by atoms with Crippen molar-refractivity contribution in [2.24, 2.45) is 0 Å². The van der Waals surface area contributed by atoms with Crippen molar-refractivity contribution in [2.45, 2.75) is 11.3 Å². The summed E-state index contributed by atoms with van der Waals surface area (Å²) in [4.78, 5) is 5.14. The summed E-state index contributed by atoms with van der Waals surface area (Å²) in [5, 5.41) is 1.98. The van der Waals surface area contributed by atoms with Crippen LogP contribution in [0.3, 0.4) is 0 Å². The van der Waals surface area contributed by atoms with Gasteiger partial charge in [0.1, 0.15) is 10.7 Å². The van der Waals surface area contributed by atoms with Crippen LogP contribution in [0.5, 0.6) is 0 Å². The number of nitrogens with two attached hydrogens (primary N) is 1. The van der Waals surface area contributed by atoms with Crippen LogP contribution in [-0.2, 0) is 16.4 Å². The van der Waals surface area contributed by atoms with Crippen LogP contribution >= 0.6 is 11.3 Å². The number of thiophene rings is 1. The topological polar surface area (TPSA) is 76.3 Å². The molecule has 2 aromatic rings. The fraction of sp³-hybridized carbons (Fsp3) is 0.250. The molecule has 102 valence electrons. The molecule has 2 rings (SSSR count). The van der Waals surface area contributed by atoms with Gasteiger partial charge in [0.2, 0.25) is 10.0 Å². The molecule has 0 aromatic carbocycles. The van der Waals surface area contributed by atoms with Gasteiger partial charge < -0.3 is 5.73 Å². The molecule has 5 nitrogen and oxygen atoms in total. The Hall–Kier alpha value is -1.44. The highest BCUT2D eigenvalue weighted by Gasteiger charge is 2.20. The summed E-state index contributed by atoms with van der Waals surface area (Å²) in [6, 6.07) is 6.91. The molecule has 0 saturated carbocycles. The van der Waals surface area contributed by atoms with Gasteiger partial charge in [-0.2, -0.15) is 0 Å². The van der Waals surface area contributed by atoms with E-state index in [1.165, 1.54) is 22.6 Å². The Morgan fingerprint density at radius 1 is 1.37 bits per heavy atom. The number of nitrogen functional groups attached to an aromatic ring is 1. The molecular formula is C12H15N3O2S2. The van der Waals surface area contributed by atoms with Gasteiger partial charge in [0.25, 0.3) is 0 Å². The molecule has 0 fully saturated rings. The van der Waals surface area contributed by atoms with Crippen LogP contribution in [0.2, 0.25) is 0 Å². The first kappa shape index (κ1) is 14.0. The highest BCUT2D eigenvalue weighted by Crippen LogP contribution is 2.16. The Kier molecular flexibility index (Phi) is 4.18. The summed E-state index contributed by atoms with van der Waals surface area (Å²) < 4.78 is 25.8. The third kappa shape index (κ3) is 3.31. The second-order valence-corrected chi connectivity index (χ2v) is 7.15. The number of pyridine rings is 1. The van der Waals surface area contributed by atoms with E-state index in [0.29, 0.717) is 18.8 Å². The van der Waals surface area contributed by atoms with Crippen molar-refractivity contribution in [2.75, 3.05) is 19.3 Å². The van der Waals surface area contributed by atoms with Gasteiger partial charge in [0.15, 0.2) is 0 Å². The molecule has 0 unspecified atom stereocenters. The lowest BCUT2D eigenvalue weighted by molar-refractivity contribution is 0.473. The molecule has 0 saturated heterocycles. The fourth-order valence-corrected chi connectivity index (χ4v) is 3.38. The zero-order chi connectivity index (χ0) is 13.9. The third-order valence-electron chi connectivity index (χ3n) is 2.72. The van der Waals surface area contributed by atoms with Crippen LogP contribution < -0.4 is 5.73 Å². The van der Waals surface area contributed by atoms with Crippen molar-refractivity contribution in [3.8, 4) is 0 Å². The Bertz CT molecular complexity index is 622. The molecule has 2 heterocycles. The van der Waals surface area contributed by atoms with E-state index in [0.717, 1.165) is 4.88 Å². The van der Waals surface area contributed by atoms with E-state index in [-0.39, 0.29) is 4.90 Å². The first-order valence-electron chi connectivity index (χ1n) is 5.70. The molecule has 0 aliphatic carbocycles. The van der Waals surface area contributed by atoms with Gasteiger partial charge in [-0.25, -0.2) is 17.7 Å². The third-order valence-corrected chi connectivity index (χ3v) is 5.50. The molecule has 0 spiro atoms. The maximum atomic E-state index is 12.3. The fourth-order valence-electron chi connectivity index (χ4n) is 1.57. The molecule has 0 aliphatic heterocycles. The number of aromatic nitrogens is 1. The lowest BCUT2D eigenvalue weighted by atomic mass is 10.3. The van der Waals surface area contributed by atoms with Crippen LogP contribution in [0.25, 0.3) is 0 Å². The highest BCUT2D eigenvalue weighted by molar-refractivity contribution is 7.89. The number of hydrogen-bond donors (Lipinski definition) is 1. The lowest BCUT2D eigenvalue weighted by Crippen LogP contribution is -2.29. The molecule has 2 N–H and O–H groups in total. The largest absolute Gasteiger partial charge is 0.384 e. The van der Waals surface area contributed by atoms with Crippen molar-refractivity contribution in [3.63, 3.8) is 0 Å². The summed E-state index contributed by atoms with van der Waals surface area (Å²) in [7, 11) is -1.92. The van der Waals surface area contributed by atoms with Gasteiger partial charge in [-0.1, -0.05) is 6.07 Å². The summed E-state index contributed by atoms with van der Waals surface area (Å²) in [5.74, 6) is 0.306. The van der Waals surface area contributed by atoms with Crippen LogP contribution in [-0.4, -0.2) is 31.3 Å². The van der Waals surface area contributed by atoms with E-state index in [9.17, 15) is 8.42 Å². The minimum atomic E-state index is -3.49. The smallest absolute Gasteiger partial charge is 0.244 e. The number of sulfonamides is 1. The van der Waals surface area contributed by atoms with Crippen molar-refractivity contribution in [1.29, 1.82) is 0 Å². The molecule has 0 radical (unpaired) electrons. The minimum absolute atomic E-state index is 0.162. The lowest BCUT2D eigenvalue weighted by Gasteiger charge is -2.16. The van der Waals surface area contributed by atoms with E-state index in [4.69, 9.17) is 5.73 Å². The average molecular weight is 297 g/mol. The summed E-state index contributed by atoms with van der Waals surface area (Å²) >= 11 is 1.62. The van der Waals surface area contributed by atoms with Crippen molar-refractivity contribution < 1.29 is 8.42 Å². The predicted molar refractivity (Wildman–Crippen MR) is 76.5 cm³/mol. The zero-order valence-corrected chi connectivity index (χ0v) is 12.1. The SMILES string of the molecule is CN(CCc1cccs1)S(=O)(=O)c1ccc(N)nc1. The Balaban J connectivity index is 2.08. The molecule has 0 bridgehead atoms. The first-order valence-corrected chi connectivity index (χ1v) is 8.02. The predicted octanol–water partition coefficient (Wildman–Crippen LogP) is 1.59. The summed E-state index contributed by atoms with van der Waals surface area (Å²) in [6.45, 7) is 0.438. The molecule has 0 amide bonds. The zero-order valence-electron chi connectivity index (χ0n) is 10.5. The highest BCUT2D eigenvalue weighted by atomic mass is 32.2. The van der Waals surface area contributed by atoms with Crippen molar-refractivity contribution in [1.82, 2.24) is 9.29 Å². The van der Waals surface area contributed by atoms with Crippen LogP contribution in [0, 0.1) is 0 Å². The van der Waals surface area contributed by atoms with E-state index in [1.54, 1.807) is 18.4 Å². The molecule has 19 heavy (non-hydrogen) atoms. The van der Waals surface area contributed by atoms with E-state index >= 15 is 0 Å². The van der Waals surface area contributed by atoms with E-state index in [2.05, 4.69) is 4.98 Å². The first-order chi connectivity index (χ1) is 9.00. The maximum Gasteiger partial charge on any atom is 0.244 e. The second kappa shape index (κ2) is 5.68. The van der Waals surface area contributed by atoms with Gasteiger partial charge in [-0.3, -0.25) is 0 Å². The normalized spacial score (nSPS) is 11.9. The van der Waals surface area contributed by atoms with Crippen LogP contribution in [0.1, 0.15) is 4.88 Å². The minimum Gasteiger partial charge on any atom is -0.384 e. The quantitative estimate of drug-likeness (QED) is 0.909. The average Bonchev–Trinajstić information content (AvgIpc) is 2.89. The summed E-state index contributed by atoms with van der Waals surface area (Å²) in [6.07, 6.45) is 1.99. The number of likely N-dealkylation sites (N-methyl/N-ethyl adjacent to an activating group) is 1. The molecule has 2 aromatic heterocycles. The standard InChI is InChI=1S/C12H15N3O2S2/c1-15(7-6-10-3-2-8-18-10)19(16,17)11-4-5-12(13)14-9-11/h2-5,8-9H,6-7H2,1H3,(H2,13,14). The Labute approximate surface area is 116 Å². The Morgan fingerprint density at radius 2 is 2.16 bits per heavy atom. The Morgan fingerprint density at radius 3 is 2.74 bits per heavy atom. The monoisotopic (exact) mass is 297 g/mol. The number of hydrogen-bond acceptors (Lipinski definition) is 5. The van der Waals surface area contributed by atoms with Gasteiger partial charge >= 0.3 is 0 Å². The molecule has 0 atom stereocenters. The van der Waals surface area contributed by atoms with Gasteiger partial charge in [0, 0.05) is 24.7 Å².